The van der Waals surface area contributed by atoms with Crippen LogP contribution in [0.3, 0.4) is 0 Å². The molecule has 1 nitrogen and oxygen atoms in total. The van der Waals surface area contributed by atoms with E-state index >= 15 is 0 Å². The van der Waals surface area contributed by atoms with E-state index in [4.69, 9.17) is 0 Å². The summed E-state index contributed by atoms with van der Waals surface area (Å²) in [5.74, 6) is 2.69. The highest BCUT2D eigenvalue weighted by Crippen LogP contribution is 2.35. The predicted molar refractivity (Wildman–Crippen MR) is 136 cm³/mol. The fourth-order valence-corrected chi connectivity index (χ4v) is 4.25. The van der Waals surface area contributed by atoms with E-state index in [9.17, 15) is 4.79 Å². The monoisotopic (exact) mass is 419 g/mol. The number of rotatable bonds is 8. The number of ketones is 1. The SMILES string of the molecule is CC(C)C1=C(C(=O)C=Cc2c(C(C)C)cc(C(C)C)cc2C(C)C)C=CC(C(C)C)[CH]1. The molecule has 1 aromatic rings. The van der Waals surface area contributed by atoms with Gasteiger partial charge < -0.3 is 0 Å². The van der Waals surface area contributed by atoms with Crippen molar-refractivity contribution >= 4 is 11.9 Å². The van der Waals surface area contributed by atoms with E-state index in [2.05, 4.69) is 106 Å². The molecule has 1 aliphatic carbocycles. The van der Waals surface area contributed by atoms with Crippen LogP contribution in [0.1, 0.15) is 109 Å². The quantitative estimate of drug-likeness (QED) is 0.385. The van der Waals surface area contributed by atoms with Crippen LogP contribution in [-0.4, -0.2) is 5.78 Å². The lowest BCUT2D eigenvalue weighted by molar-refractivity contribution is -0.111. The van der Waals surface area contributed by atoms with Gasteiger partial charge in [-0.3, -0.25) is 4.79 Å². The maximum absolute atomic E-state index is 13.3. The molecular formula is C30H43O. The summed E-state index contributed by atoms with van der Waals surface area (Å²) in [5.41, 5.74) is 7.30. The van der Waals surface area contributed by atoms with Crippen molar-refractivity contribution in [3.8, 4) is 0 Å². The Bertz CT molecular complexity index is 843. The molecule has 1 radical (unpaired) electrons. The van der Waals surface area contributed by atoms with Crippen molar-refractivity contribution in [3.63, 3.8) is 0 Å². The van der Waals surface area contributed by atoms with Gasteiger partial charge in [0.15, 0.2) is 5.78 Å². The average Bonchev–Trinajstić information content (AvgIpc) is 2.70. The second-order valence-electron chi connectivity index (χ2n) is 10.6. The number of carbonyl (C=O) groups is 1. The molecule has 1 atom stereocenters. The third-order valence-corrected chi connectivity index (χ3v) is 6.40. The highest BCUT2D eigenvalue weighted by molar-refractivity contribution is 6.09. The van der Waals surface area contributed by atoms with Gasteiger partial charge in [0.05, 0.1) is 0 Å². The Balaban J connectivity index is 2.50. The first-order chi connectivity index (χ1) is 14.4. The minimum absolute atomic E-state index is 0.107. The van der Waals surface area contributed by atoms with E-state index in [0.29, 0.717) is 35.5 Å². The summed E-state index contributed by atoms with van der Waals surface area (Å²) in [7, 11) is 0. The summed E-state index contributed by atoms with van der Waals surface area (Å²) in [4.78, 5) is 13.3. The van der Waals surface area contributed by atoms with Gasteiger partial charge in [-0.05, 0) is 70.3 Å². The molecule has 0 fully saturated rings. The Morgan fingerprint density at radius 2 is 1.35 bits per heavy atom. The van der Waals surface area contributed by atoms with Crippen molar-refractivity contribution in [1.82, 2.24) is 0 Å². The van der Waals surface area contributed by atoms with Crippen molar-refractivity contribution in [3.05, 3.63) is 70.2 Å². The van der Waals surface area contributed by atoms with Crippen LogP contribution in [0.25, 0.3) is 6.08 Å². The van der Waals surface area contributed by atoms with Crippen LogP contribution in [-0.2, 0) is 4.79 Å². The van der Waals surface area contributed by atoms with Crippen molar-refractivity contribution < 1.29 is 4.79 Å². The Morgan fingerprint density at radius 3 is 1.77 bits per heavy atom. The van der Waals surface area contributed by atoms with E-state index in [-0.39, 0.29) is 5.78 Å². The number of allylic oxidation sites excluding steroid dienone is 5. The Labute approximate surface area is 191 Å². The van der Waals surface area contributed by atoms with Crippen LogP contribution in [0.2, 0.25) is 0 Å². The summed E-state index contributed by atoms with van der Waals surface area (Å²) in [6.07, 6.45) is 10.4. The maximum atomic E-state index is 13.3. The first kappa shape index (κ1) is 25.4. The van der Waals surface area contributed by atoms with Gasteiger partial charge in [0.1, 0.15) is 0 Å². The predicted octanol–water partition coefficient (Wildman–Crippen LogP) is 8.64. The Hall–Kier alpha value is -1.89. The van der Waals surface area contributed by atoms with Crippen LogP contribution in [0.4, 0.5) is 0 Å². The molecular weight excluding hydrogens is 376 g/mol. The van der Waals surface area contributed by atoms with Gasteiger partial charge in [0.25, 0.3) is 0 Å². The summed E-state index contributed by atoms with van der Waals surface area (Å²) in [6.45, 7) is 22.3. The lowest BCUT2D eigenvalue weighted by atomic mass is 9.78. The molecule has 0 bridgehead atoms. The molecule has 0 heterocycles. The lowest BCUT2D eigenvalue weighted by Crippen LogP contribution is -2.17. The molecule has 2 rings (SSSR count). The summed E-state index contributed by atoms with van der Waals surface area (Å²) < 4.78 is 0. The summed E-state index contributed by atoms with van der Waals surface area (Å²) in [6, 6.07) is 4.68. The highest BCUT2D eigenvalue weighted by Gasteiger charge is 2.24. The zero-order valence-corrected chi connectivity index (χ0v) is 21.4. The normalized spacial score (nSPS) is 17.5. The fourth-order valence-electron chi connectivity index (χ4n) is 4.25. The summed E-state index contributed by atoms with van der Waals surface area (Å²) in [5, 5.41) is 0. The standard InChI is InChI=1S/C30H43O/c1-18(2)23-11-12-26(29(15-23)22(9)10)30(31)14-13-25-27(20(5)6)16-24(19(3)4)17-28(25)21(7)8/h11-23H,1-10H3. The third-order valence-electron chi connectivity index (χ3n) is 6.40. The number of hydrogen-bond donors (Lipinski definition) is 0. The molecule has 0 aliphatic heterocycles. The van der Waals surface area contributed by atoms with Crippen LogP contribution in [0, 0.1) is 24.2 Å². The van der Waals surface area contributed by atoms with Crippen LogP contribution in [0.15, 0.2) is 41.5 Å². The number of hydrogen-bond acceptors (Lipinski definition) is 1. The van der Waals surface area contributed by atoms with E-state index in [0.717, 1.165) is 5.57 Å². The molecule has 31 heavy (non-hydrogen) atoms. The van der Waals surface area contributed by atoms with Crippen molar-refractivity contribution in [1.29, 1.82) is 0 Å². The molecule has 169 valence electrons. The van der Waals surface area contributed by atoms with Gasteiger partial charge in [-0.2, -0.15) is 0 Å². The average molecular weight is 420 g/mol. The van der Waals surface area contributed by atoms with Gasteiger partial charge in [-0.15, -0.1) is 0 Å². The Kier molecular flexibility index (Phi) is 8.69. The molecule has 1 aromatic carbocycles. The largest absolute Gasteiger partial charge is 0.289 e. The zero-order chi connectivity index (χ0) is 23.5. The highest BCUT2D eigenvalue weighted by atomic mass is 16.1. The topological polar surface area (TPSA) is 17.1 Å². The van der Waals surface area contributed by atoms with Crippen molar-refractivity contribution in [2.45, 2.75) is 87.0 Å². The fraction of sp³-hybridized carbons (Fsp3) is 0.533. The van der Waals surface area contributed by atoms with Crippen LogP contribution in [0.5, 0.6) is 0 Å². The maximum Gasteiger partial charge on any atom is 0.185 e. The first-order valence-electron chi connectivity index (χ1n) is 12.1. The molecule has 0 saturated heterocycles. The minimum atomic E-state index is 0.107. The molecule has 1 aliphatic rings. The molecule has 0 amide bonds. The number of carbonyl (C=O) groups excluding carboxylic acids is 1. The Morgan fingerprint density at radius 1 is 0.806 bits per heavy atom. The van der Waals surface area contributed by atoms with Crippen molar-refractivity contribution in [2.75, 3.05) is 0 Å². The molecule has 0 N–H and O–H groups in total. The van der Waals surface area contributed by atoms with Crippen LogP contribution >= 0.6 is 0 Å². The first-order valence-corrected chi connectivity index (χ1v) is 12.1. The van der Waals surface area contributed by atoms with E-state index in [1.54, 1.807) is 6.08 Å². The van der Waals surface area contributed by atoms with Gasteiger partial charge >= 0.3 is 0 Å². The van der Waals surface area contributed by atoms with Crippen molar-refractivity contribution in [2.24, 2.45) is 17.8 Å². The lowest BCUT2D eigenvalue weighted by Gasteiger charge is -2.26. The molecule has 1 heteroatoms. The van der Waals surface area contributed by atoms with E-state index in [1.807, 2.05) is 0 Å². The molecule has 0 spiro atoms. The smallest absolute Gasteiger partial charge is 0.185 e. The van der Waals surface area contributed by atoms with Gasteiger partial charge in [-0.1, -0.05) is 105 Å². The van der Waals surface area contributed by atoms with Crippen LogP contribution < -0.4 is 0 Å². The number of benzene rings is 1. The zero-order valence-electron chi connectivity index (χ0n) is 21.4. The summed E-state index contributed by atoms with van der Waals surface area (Å²) >= 11 is 0. The van der Waals surface area contributed by atoms with E-state index < -0.39 is 0 Å². The van der Waals surface area contributed by atoms with Gasteiger partial charge in [0.2, 0.25) is 0 Å². The van der Waals surface area contributed by atoms with Gasteiger partial charge in [0, 0.05) is 5.57 Å². The second kappa shape index (κ2) is 10.6. The minimum Gasteiger partial charge on any atom is -0.289 e. The van der Waals surface area contributed by atoms with E-state index in [1.165, 1.54) is 27.8 Å². The molecule has 0 saturated carbocycles. The second-order valence-corrected chi connectivity index (χ2v) is 10.6. The third kappa shape index (κ3) is 6.09. The van der Waals surface area contributed by atoms with Gasteiger partial charge in [-0.25, -0.2) is 0 Å². The molecule has 0 aromatic heterocycles. The molecule has 1 unspecified atom stereocenters.